The first-order valence-electron chi connectivity index (χ1n) is 9.70. The molecule has 0 aliphatic carbocycles. The fraction of sp³-hybridized carbons (Fsp3) is 0.524. The number of carbonyl (C=O) groups excluding carboxylic acids is 2. The highest BCUT2D eigenvalue weighted by Gasteiger charge is 2.32. The van der Waals surface area contributed by atoms with Crippen LogP contribution in [0, 0.1) is 5.92 Å². The van der Waals surface area contributed by atoms with E-state index in [4.69, 9.17) is 18.9 Å². The molecule has 158 valence electrons. The molecule has 0 atom stereocenters. The number of rotatable bonds is 6. The van der Waals surface area contributed by atoms with Crippen LogP contribution in [0.1, 0.15) is 12.8 Å². The first kappa shape index (κ1) is 21.1. The van der Waals surface area contributed by atoms with Crippen molar-refractivity contribution in [1.29, 1.82) is 0 Å². The van der Waals surface area contributed by atoms with Gasteiger partial charge >= 0.3 is 11.9 Å². The monoisotopic (exact) mass is 404 g/mol. The van der Waals surface area contributed by atoms with Crippen LogP contribution in [0.4, 0.5) is 5.69 Å². The van der Waals surface area contributed by atoms with E-state index in [0.29, 0.717) is 18.2 Å². The van der Waals surface area contributed by atoms with Gasteiger partial charge in [-0.2, -0.15) is 0 Å². The van der Waals surface area contributed by atoms with E-state index < -0.39 is 11.9 Å². The van der Waals surface area contributed by atoms with Crippen molar-refractivity contribution in [3.63, 3.8) is 0 Å². The molecule has 0 N–H and O–H groups in total. The highest BCUT2D eigenvalue weighted by Crippen LogP contribution is 2.28. The standard InChI is InChI=1S/C21H28N2O6/c1-22-10-8-15(9-11-22)12-29-17-6-4-16(5-7-17)23-14-28-13-18(20(24)26-2)19(23)21(25)27-3/h4-7,15H,8-14H2,1-3H3. The summed E-state index contributed by atoms with van der Waals surface area (Å²) in [5, 5.41) is 0. The zero-order valence-electron chi connectivity index (χ0n) is 17.2. The third-order valence-electron chi connectivity index (χ3n) is 5.31. The zero-order valence-corrected chi connectivity index (χ0v) is 17.2. The molecule has 2 aliphatic rings. The van der Waals surface area contributed by atoms with Crippen LogP contribution in [0.15, 0.2) is 35.5 Å². The molecule has 3 rings (SSSR count). The highest BCUT2D eigenvalue weighted by atomic mass is 16.5. The Bertz CT molecular complexity index is 753. The summed E-state index contributed by atoms with van der Waals surface area (Å²) in [6, 6.07) is 7.37. The normalized spacial score (nSPS) is 18.5. The summed E-state index contributed by atoms with van der Waals surface area (Å²) in [6.07, 6.45) is 2.28. The Kier molecular flexibility index (Phi) is 7.11. The summed E-state index contributed by atoms with van der Waals surface area (Å²) in [6.45, 7) is 3.02. The molecule has 0 spiro atoms. The van der Waals surface area contributed by atoms with Crippen molar-refractivity contribution in [1.82, 2.24) is 4.90 Å². The summed E-state index contributed by atoms with van der Waals surface area (Å²) < 4.78 is 21.1. The van der Waals surface area contributed by atoms with Crippen LogP contribution in [-0.2, 0) is 23.8 Å². The molecule has 8 nitrogen and oxygen atoms in total. The van der Waals surface area contributed by atoms with Crippen LogP contribution in [-0.4, -0.2) is 71.1 Å². The average Bonchev–Trinajstić information content (AvgIpc) is 2.77. The molecule has 0 unspecified atom stereocenters. The van der Waals surface area contributed by atoms with Crippen molar-refractivity contribution < 1.29 is 28.5 Å². The third kappa shape index (κ3) is 5.07. The number of likely N-dealkylation sites (tertiary alicyclic amines) is 1. The maximum Gasteiger partial charge on any atom is 0.355 e. The van der Waals surface area contributed by atoms with Crippen molar-refractivity contribution in [2.75, 3.05) is 59.2 Å². The maximum absolute atomic E-state index is 12.3. The molecule has 0 radical (unpaired) electrons. The molecule has 0 aromatic heterocycles. The zero-order chi connectivity index (χ0) is 20.8. The van der Waals surface area contributed by atoms with Crippen molar-refractivity contribution in [2.45, 2.75) is 12.8 Å². The van der Waals surface area contributed by atoms with Gasteiger partial charge in [-0.05, 0) is 63.2 Å². The Hall–Kier alpha value is -2.58. The van der Waals surface area contributed by atoms with E-state index in [1.54, 1.807) is 4.90 Å². The van der Waals surface area contributed by atoms with Gasteiger partial charge < -0.3 is 28.7 Å². The second-order valence-electron chi connectivity index (χ2n) is 7.27. The molecule has 2 aliphatic heterocycles. The van der Waals surface area contributed by atoms with E-state index in [1.807, 2.05) is 24.3 Å². The molecule has 1 saturated heterocycles. The van der Waals surface area contributed by atoms with Gasteiger partial charge in [-0.1, -0.05) is 0 Å². The summed E-state index contributed by atoms with van der Waals surface area (Å²) >= 11 is 0. The minimum Gasteiger partial charge on any atom is -0.493 e. The van der Waals surface area contributed by atoms with Gasteiger partial charge in [0.15, 0.2) is 0 Å². The lowest BCUT2D eigenvalue weighted by Gasteiger charge is -2.31. The Morgan fingerprint density at radius 1 is 1.07 bits per heavy atom. The molecule has 0 bridgehead atoms. The lowest BCUT2D eigenvalue weighted by Crippen LogP contribution is -2.38. The molecule has 1 fully saturated rings. The SMILES string of the molecule is COC(=O)C1=C(C(=O)OC)N(c2ccc(OCC3CCN(C)CC3)cc2)COC1. The Morgan fingerprint density at radius 3 is 2.34 bits per heavy atom. The Balaban J connectivity index is 1.72. The second kappa shape index (κ2) is 9.76. The molecular weight excluding hydrogens is 376 g/mol. The lowest BCUT2D eigenvalue weighted by atomic mass is 9.98. The van der Waals surface area contributed by atoms with E-state index in [9.17, 15) is 9.59 Å². The minimum absolute atomic E-state index is 0.00855. The molecule has 0 amide bonds. The molecular formula is C21H28N2O6. The predicted molar refractivity (Wildman–Crippen MR) is 107 cm³/mol. The summed E-state index contributed by atoms with van der Waals surface area (Å²) in [5.41, 5.74) is 0.955. The van der Waals surface area contributed by atoms with Crippen LogP contribution in [0.5, 0.6) is 5.75 Å². The molecule has 2 heterocycles. The first-order chi connectivity index (χ1) is 14.0. The molecule has 8 heteroatoms. The van der Waals surface area contributed by atoms with Gasteiger partial charge in [0.2, 0.25) is 0 Å². The number of anilines is 1. The van der Waals surface area contributed by atoms with Gasteiger partial charge in [-0.15, -0.1) is 0 Å². The van der Waals surface area contributed by atoms with Crippen LogP contribution in [0.2, 0.25) is 0 Å². The fourth-order valence-electron chi connectivity index (χ4n) is 3.51. The Labute approximate surface area is 171 Å². The number of ether oxygens (including phenoxy) is 4. The number of methoxy groups -OCH3 is 2. The van der Waals surface area contributed by atoms with Crippen molar-refractivity contribution in [3.8, 4) is 5.75 Å². The maximum atomic E-state index is 12.3. The third-order valence-corrected chi connectivity index (χ3v) is 5.31. The predicted octanol–water partition coefficient (Wildman–Crippen LogP) is 1.80. The van der Waals surface area contributed by atoms with E-state index in [-0.39, 0.29) is 24.6 Å². The van der Waals surface area contributed by atoms with Gasteiger partial charge in [0, 0.05) is 5.69 Å². The quantitative estimate of drug-likeness (QED) is 0.665. The number of carbonyl (C=O) groups is 2. The van der Waals surface area contributed by atoms with E-state index in [2.05, 4.69) is 11.9 Å². The van der Waals surface area contributed by atoms with Crippen LogP contribution >= 0.6 is 0 Å². The van der Waals surface area contributed by atoms with Gasteiger partial charge in [-0.3, -0.25) is 0 Å². The van der Waals surface area contributed by atoms with Gasteiger partial charge in [0.1, 0.15) is 18.2 Å². The van der Waals surface area contributed by atoms with Gasteiger partial charge in [0.25, 0.3) is 0 Å². The number of hydrogen-bond donors (Lipinski definition) is 0. The number of nitrogens with zero attached hydrogens (tertiary/aromatic N) is 2. The number of esters is 2. The molecule has 1 aromatic carbocycles. The summed E-state index contributed by atoms with van der Waals surface area (Å²) in [4.78, 5) is 28.3. The lowest BCUT2D eigenvalue weighted by molar-refractivity contribution is -0.140. The highest BCUT2D eigenvalue weighted by molar-refractivity contribution is 6.03. The van der Waals surface area contributed by atoms with Crippen LogP contribution in [0.25, 0.3) is 0 Å². The van der Waals surface area contributed by atoms with E-state index in [1.165, 1.54) is 14.2 Å². The first-order valence-corrected chi connectivity index (χ1v) is 9.70. The minimum atomic E-state index is -0.617. The second-order valence-corrected chi connectivity index (χ2v) is 7.27. The molecule has 0 saturated carbocycles. The smallest absolute Gasteiger partial charge is 0.355 e. The molecule has 1 aromatic rings. The van der Waals surface area contributed by atoms with E-state index >= 15 is 0 Å². The van der Waals surface area contributed by atoms with Crippen molar-refractivity contribution >= 4 is 17.6 Å². The number of piperidine rings is 1. The van der Waals surface area contributed by atoms with Crippen molar-refractivity contribution in [2.24, 2.45) is 5.92 Å². The van der Waals surface area contributed by atoms with Crippen LogP contribution in [0.3, 0.4) is 0 Å². The summed E-state index contributed by atoms with van der Waals surface area (Å²) in [7, 11) is 4.68. The van der Waals surface area contributed by atoms with Gasteiger partial charge in [-0.25, -0.2) is 9.59 Å². The largest absolute Gasteiger partial charge is 0.493 e. The van der Waals surface area contributed by atoms with Gasteiger partial charge in [0.05, 0.1) is 33.0 Å². The number of hydrogen-bond acceptors (Lipinski definition) is 8. The average molecular weight is 404 g/mol. The van der Waals surface area contributed by atoms with Crippen molar-refractivity contribution in [3.05, 3.63) is 35.5 Å². The van der Waals surface area contributed by atoms with Crippen LogP contribution < -0.4 is 9.64 Å². The topological polar surface area (TPSA) is 77.5 Å². The number of benzene rings is 1. The Morgan fingerprint density at radius 2 is 1.72 bits per heavy atom. The van der Waals surface area contributed by atoms with E-state index in [0.717, 1.165) is 31.7 Å². The molecule has 29 heavy (non-hydrogen) atoms. The summed E-state index contributed by atoms with van der Waals surface area (Å²) in [5.74, 6) is 0.102. The fourth-order valence-corrected chi connectivity index (χ4v) is 3.51.